The molecule has 1 aliphatic carbocycles. The average Bonchev–Trinajstić information content (AvgIpc) is 3.24. The maximum Gasteiger partial charge on any atom is 0.250 e. The minimum absolute atomic E-state index is 0.159. The first-order valence-electron chi connectivity index (χ1n) is 11.1. The number of benzene rings is 2. The van der Waals surface area contributed by atoms with Crippen molar-refractivity contribution in [1.82, 2.24) is 20.2 Å². The van der Waals surface area contributed by atoms with Gasteiger partial charge >= 0.3 is 0 Å². The molecule has 0 unspecified atom stereocenters. The third-order valence-corrected chi connectivity index (χ3v) is 6.67. The first-order chi connectivity index (χ1) is 15.6. The predicted octanol–water partition coefficient (Wildman–Crippen LogP) is 5.31. The van der Waals surface area contributed by atoms with Crippen molar-refractivity contribution in [3.8, 4) is 11.4 Å². The molecule has 32 heavy (non-hydrogen) atoms. The lowest BCUT2D eigenvalue weighted by Crippen LogP contribution is -2.20. The molecule has 0 aliphatic heterocycles. The number of carbonyl (C=O) groups excluding carboxylic acids is 1. The highest BCUT2D eigenvalue weighted by Gasteiger charge is 2.24. The summed E-state index contributed by atoms with van der Waals surface area (Å²) >= 11 is 1.42. The zero-order chi connectivity index (χ0) is 22.3. The van der Waals surface area contributed by atoms with Crippen molar-refractivity contribution in [1.29, 1.82) is 0 Å². The van der Waals surface area contributed by atoms with Crippen LogP contribution in [0.1, 0.15) is 54.8 Å². The SMILES string of the molecule is Cc1ccc(/C=N\NC(=O)CSc2nnc(-c3ccc(C)cc3)n2C2CCCCC2)cc1. The smallest absolute Gasteiger partial charge is 0.250 e. The first-order valence-corrected chi connectivity index (χ1v) is 12.1. The molecule has 1 saturated carbocycles. The molecule has 0 atom stereocenters. The van der Waals surface area contributed by atoms with Crippen molar-refractivity contribution < 1.29 is 4.79 Å². The van der Waals surface area contributed by atoms with E-state index in [9.17, 15) is 4.79 Å². The van der Waals surface area contributed by atoms with Crippen LogP contribution in [0.5, 0.6) is 0 Å². The molecule has 1 heterocycles. The molecule has 166 valence electrons. The van der Waals surface area contributed by atoms with Crippen molar-refractivity contribution in [2.24, 2.45) is 5.10 Å². The number of aryl methyl sites for hydroxylation is 2. The van der Waals surface area contributed by atoms with Gasteiger partial charge in [-0.15, -0.1) is 10.2 Å². The fourth-order valence-electron chi connectivity index (χ4n) is 3.94. The molecule has 4 rings (SSSR count). The van der Waals surface area contributed by atoms with E-state index in [1.54, 1.807) is 6.21 Å². The van der Waals surface area contributed by atoms with E-state index in [1.807, 2.05) is 31.2 Å². The highest BCUT2D eigenvalue weighted by Crippen LogP contribution is 2.35. The number of rotatable bonds is 7. The molecule has 1 N–H and O–H groups in total. The number of aromatic nitrogens is 3. The fraction of sp³-hybridized carbons (Fsp3) is 0.360. The van der Waals surface area contributed by atoms with Crippen LogP contribution in [0, 0.1) is 13.8 Å². The average molecular weight is 448 g/mol. The van der Waals surface area contributed by atoms with Crippen molar-refractivity contribution >= 4 is 23.9 Å². The van der Waals surface area contributed by atoms with Crippen LogP contribution in [-0.4, -0.2) is 32.6 Å². The lowest BCUT2D eigenvalue weighted by Gasteiger charge is -2.25. The quantitative estimate of drug-likeness (QED) is 0.303. The van der Waals surface area contributed by atoms with Crippen molar-refractivity contribution in [2.75, 3.05) is 5.75 Å². The van der Waals surface area contributed by atoms with Gasteiger partial charge in [0, 0.05) is 11.6 Å². The lowest BCUT2D eigenvalue weighted by atomic mass is 9.95. The fourth-order valence-corrected chi connectivity index (χ4v) is 4.73. The van der Waals surface area contributed by atoms with Gasteiger partial charge in [-0.05, 0) is 32.3 Å². The molecular formula is C25H29N5OS. The van der Waals surface area contributed by atoms with Crippen LogP contribution in [0.3, 0.4) is 0 Å². The Morgan fingerprint density at radius 2 is 1.69 bits per heavy atom. The zero-order valence-corrected chi connectivity index (χ0v) is 19.4. The molecule has 0 bridgehead atoms. The maximum atomic E-state index is 12.4. The summed E-state index contributed by atoms with van der Waals surface area (Å²) in [5.74, 6) is 0.968. The summed E-state index contributed by atoms with van der Waals surface area (Å²) in [5.41, 5.74) is 7.03. The van der Waals surface area contributed by atoms with Crippen LogP contribution in [-0.2, 0) is 4.79 Å². The van der Waals surface area contributed by atoms with Crippen LogP contribution in [0.2, 0.25) is 0 Å². The predicted molar refractivity (Wildman–Crippen MR) is 130 cm³/mol. The van der Waals surface area contributed by atoms with E-state index in [2.05, 4.69) is 56.5 Å². The van der Waals surface area contributed by atoms with Gasteiger partial charge in [0.1, 0.15) is 0 Å². The van der Waals surface area contributed by atoms with E-state index in [-0.39, 0.29) is 11.7 Å². The normalized spacial score (nSPS) is 14.7. The molecule has 3 aromatic rings. The second-order valence-corrected chi connectivity index (χ2v) is 9.27. The highest BCUT2D eigenvalue weighted by molar-refractivity contribution is 7.99. The maximum absolute atomic E-state index is 12.4. The van der Waals surface area contributed by atoms with E-state index in [4.69, 9.17) is 0 Å². The topological polar surface area (TPSA) is 72.2 Å². The summed E-state index contributed by atoms with van der Waals surface area (Å²) in [7, 11) is 0. The number of hydrazone groups is 1. The Hall–Kier alpha value is -2.93. The third kappa shape index (κ3) is 5.65. The standard InChI is InChI=1S/C25H29N5OS/c1-18-8-12-20(13-9-18)16-26-27-23(31)17-32-25-29-28-24(21-14-10-19(2)11-15-21)30(25)22-6-4-3-5-7-22/h8-16,22H,3-7,17H2,1-2H3,(H,27,31)/b26-16-. The minimum Gasteiger partial charge on any atom is -0.299 e. The summed E-state index contributed by atoms with van der Waals surface area (Å²) in [6, 6.07) is 16.7. The second-order valence-electron chi connectivity index (χ2n) is 8.33. The molecule has 0 radical (unpaired) electrons. The van der Waals surface area contributed by atoms with Crippen LogP contribution in [0.15, 0.2) is 58.8 Å². The molecule has 7 heteroatoms. The van der Waals surface area contributed by atoms with Crippen LogP contribution >= 0.6 is 11.8 Å². The number of amides is 1. The summed E-state index contributed by atoms with van der Waals surface area (Å²) in [4.78, 5) is 12.4. The number of carbonyl (C=O) groups is 1. The lowest BCUT2D eigenvalue weighted by molar-refractivity contribution is -0.118. The van der Waals surface area contributed by atoms with Gasteiger partial charge in [0.25, 0.3) is 5.91 Å². The van der Waals surface area contributed by atoms with Gasteiger partial charge in [0.15, 0.2) is 11.0 Å². The molecule has 0 saturated heterocycles. The summed E-state index contributed by atoms with van der Waals surface area (Å²) < 4.78 is 2.25. The number of thioether (sulfide) groups is 1. The van der Waals surface area contributed by atoms with E-state index in [0.29, 0.717) is 6.04 Å². The molecule has 1 aromatic heterocycles. The Morgan fingerprint density at radius 1 is 1.03 bits per heavy atom. The Labute approximate surface area is 193 Å². The molecule has 2 aromatic carbocycles. The number of hydrogen-bond donors (Lipinski definition) is 1. The monoisotopic (exact) mass is 447 g/mol. The molecule has 6 nitrogen and oxygen atoms in total. The zero-order valence-electron chi connectivity index (χ0n) is 18.6. The van der Waals surface area contributed by atoms with Crippen molar-refractivity contribution in [2.45, 2.75) is 57.1 Å². The van der Waals surface area contributed by atoms with E-state index in [1.165, 1.54) is 42.2 Å². The van der Waals surface area contributed by atoms with Crippen LogP contribution < -0.4 is 5.43 Å². The van der Waals surface area contributed by atoms with Gasteiger partial charge in [0.05, 0.1) is 12.0 Å². The van der Waals surface area contributed by atoms with E-state index >= 15 is 0 Å². The van der Waals surface area contributed by atoms with Gasteiger partial charge < -0.3 is 0 Å². The molecule has 0 spiro atoms. The number of nitrogens with zero attached hydrogens (tertiary/aromatic N) is 4. The van der Waals surface area contributed by atoms with Gasteiger partial charge in [-0.1, -0.05) is 90.7 Å². The van der Waals surface area contributed by atoms with Gasteiger partial charge in [-0.25, -0.2) is 5.43 Å². The number of hydrogen-bond acceptors (Lipinski definition) is 5. The van der Waals surface area contributed by atoms with Gasteiger partial charge in [-0.2, -0.15) is 5.10 Å². The minimum atomic E-state index is -0.159. The summed E-state index contributed by atoms with van der Waals surface area (Å²) in [5, 5.41) is 13.8. The Balaban J connectivity index is 1.44. The Morgan fingerprint density at radius 3 is 2.38 bits per heavy atom. The van der Waals surface area contributed by atoms with Crippen LogP contribution in [0.25, 0.3) is 11.4 Å². The summed E-state index contributed by atoms with van der Waals surface area (Å²) in [6.45, 7) is 4.12. The Kier molecular flexibility index (Phi) is 7.37. The van der Waals surface area contributed by atoms with Crippen LogP contribution in [0.4, 0.5) is 0 Å². The van der Waals surface area contributed by atoms with Gasteiger partial charge in [0.2, 0.25) is 0 Å². The molecular weight excluding hydrogens is 418 g/mol. The van der Waals surface area contributed by atoms with Gasteiger partial charge in [-0.3, -0.25) is 9.36 Å². The number of nitrogens with one attached hydrogen (secondary N) is 1. The Bertz CT molecular complexity index is 1070. The van der Waals surface area contributed by atoms with E-state index < -0.39 is 0 Å². The first kappa shape index (κ1) is 22.3. The van der Waals surface area contributed by atoms with Crippen molar-refractivity contribution in [3.05, 3.63) is 65.2 Å². The van der Waals surface area contributed by atoms with Crippen molar-refractivity contribution in [3.63, 3.8) is 0 Å². The second kappa shape index (κ2) is 10.6. The third-order valence-electron chi connectivity index (χ3n) is 5.73. The highest BCUT2D eigenvalue weighted by atomic mass is 32.2. The van der Waals surface area contributed by atoms with E-state index in [0.717, 1.165) is 34.9 Å². The molecule has 1 fully saturated rings. The largest absolute Gasteiger partial charge is 0.299 e. The summed E-state index contributed by atoms with van der Waals surface area (Å²) in [6.07, 6.45) is 7.61. The molecule has 1 amide bonds. The molecule has 1 aliphatic rings.